The lowest BCUT2D eigenvalue weighted by Crippen LogP contribution is -2.16. The zero-order valence-corrected chi connectivity index (χ0v) is 19.6. The van der Waals surface area contributed by atoms with Crippen molar-refractivity contribution < 1.29 is 27.4 Å². The summed E-state index contributed by atoms with van der Waals surface area (Å²) in [6.07, 6.45) is -3.70. The number of rotatable bonds is 9. The number of nitrogens with zero attached hydrogens (tertiary/aromatic N) is 3. The number of halogens is 3. The van der Waals surface area contributed by atoms with E-state index in [1.54, 1.807) is 12.1 Å². The molecule has 0 spiro atoms. The first-order chi connectivity index (χ1) is 16.1. The Hall–Kier alpha value is -3.18. The Balaban J connectivity index is 1.52. The Bertz CT molecular complexity index is 1330. The van der Waals surface area contributed by atoms with Gasteiger partial charge >= 0.3 is 6.36 Å². The van der Waals surface area contributed by atoms with E-state index in [1.807, 2.05) is 31.5 Å². The Morgan fingerprint density at radius 3 is 2.71 bits per heavy atom. The monoisotopic (exact) mass is 492 g/mol. The number of fused-ring (bicyclic) bond motifs is 2. The van der Waals surface area contributed by atoms with Crippen molar-refractivity contribution in [3.8, 4) is 5.75 Å². The summed E-state index contributed by atoms with van der Waals surface area (Å²) in [5.41, 5.74) is 2.59. The molecule has 0 radical (unpaired) electrons. The molecule has 0 aliphatic heterocycles. The van der Waals surface area contributed by atoms with Crippen LogP contribution >= 0.6 is 11.3 Å². The molecule has 11 heteroatoms. The minimum Gasteiger partial charge on any atom is -0.406 e. The standard InChI is InChI=1S/C23H23F3N4O3S/c1-4-32-13(2)5-10-19(31)14-6-9-18-17(11-14)27-21(30(18)3)29-22-28-16-8-7-15(12-20(16)34-22)33-23(24,25)26/h6-9,11-13H,4-5,10H2,1-3H3,(H,27,28,29). The van der Waals surface area contributed by atoms with Gasteiger partial charge in [0.25, 0.3) is 0 Å². The number of hydrogen-bond donors (Lipinski definition) is 1. The highest BCUT2D eigenvalue weighted by molar-refractivity contribution is 7.22. The van der Waals surface area contributed by atoms with E-state index >= 15 is 0 Å². The van der Waals surface area contributed by atoms with Crippen molar-refractivity contribution >= 4 is 49.4 Å². The zero-order valence-electron chi connectivity index (χ0n) is 18.8. The van der Waals surface area contributed by atoms with Crippen LogP contribution in [0.15, 0.2) is 36.4 Å². The van der Waals surface area contributed by atoms with Gasteiger partial charge in [0.2, 0.25) is 5.95 Å². The van der Waals surface area contributed by atoms with Crippen LogP contribution in [0, 0.1) is 0 Å². The number of ether oxygens (including phenoxy) is 2. The van der Waals surface area contributed by atoms with Crippen molar-refractivity contribution in [2.24, 2.45) is 7.05 Å². The molecule has 2 aromatic carbocycles. The minimum atomic E-state index is -4.76. The fourth-order valence-electron chi connectivity index (χ4n) is 3.58. The van der Waals surface area contributed by atoms with Crippen LogP contribution in [0.4, 0.5) is 24.3 Å². The second-order valence-corrected chi connectivity index (χ2v) is 8.78. The molecule has 1 N–H and O–H groups in total. The summed E-state index contributed by atoms with van der Waals surface area (Å²) < 4.78 is 49.3. The number of anilines is 2. The van der Waals surface area contributed by atoms with E-state index in [2.05, 4.69) is 20.0 Å². The maximum Gasteiger partial charge on any atom is 0.573 e. The fraction of sp³-hybridized carbons (Fsp3) is 0.348. The smallest absolute Gasteiger partial charge is 0.406 e. The highest BCUT2D eigenvalue weighted by Gasteiger charge is 2.31. The third-order valence-electron chi connectivity index (χ3n) is 5.24. The lowest BCUT2D eigenvalue weighted by molar-refractivity contribution is -0.274. The molecule has 1 unspecified atom stereocenters. The van der Waals surface area contributed by atoms with Gasteiger partial charge in [-0.05, 0) is 50.6 Å². The predicted octanol–water partition coefficient (Wildman–Crippen LogP) is 6.21. The Labute approximate surface area is 197 Å². The van der Waals surface area contributed by atoms with Crippen molar-refractivity contribution in [2.45, 2.75) is 39.2 Å². The van der Waals surface area contributed by atoms with Gasteiger partial charge in [0.05, 0.1) is 27.4 Å². The van der Waals surface area contributed by atoms with Gasteiger partial charge in [-0.25, -0.2) is 9.97 Å². The van der Waals surface area contributed by atoms with Gasteiger partial charge < -0.3 is 19.4 Å². The Morgan fingerprint density at radius 1 is 1.18 bits per heavy atom. The van der Waals surface area contributed by atoms with Crippen LogP contribution in [0.5, 0.6) is 5.75 Å². The number of benzene rings is 2. The molecular formula is C23H23F3N4O3S. The number of carbonyl (C=O) groups is 1. The average Bonchev–Trinajstić information content (AvgIpc) is 3.30. The summed E-state index contributed by atoms with van der Waals surface area (Å²) in [5, 5.41) is 3.59. The summed E-state index contributed by atoms with van der Waals surface area (Å²) in [6.45, 7) is 4.48. The first-order valence-corrected chi connectivity index (χ1v) is 11.5. The number of thiazole rings is 1. The normalized spacial score (nSPS) is 12.9. The number of aryl methyl sites for hydroxylation is 1. The second kappa shape index (κ2) is 9.59. The van der Waals surface area contributed by atoms with Gasteiger partial charge in [-0.15, -0.1) is 13.2 Å². The molecule has 2 aromatic heterocycles. The van der Waals surface area contributed by atoms with Gasteiger partial charge in [-0.3, -0.25) is 4.79 Å². The number of hydrogen-bond acceptors (Lipinski definition) is 7. The van der Waals surface area contributed by atoms with Crippen LogP contribution in [0.1, 0.15) is 37.0 Å². The molecule has 0 amide bonds. The minimum absolute atomic E-state index is 0.0215. The third-order valence-corrected chi connectivity index (χ3v) is 6.18. The maximum atomic E-state index is 12.6. The lowest BCUT2D eigenvalue weighted by atomic mass is 10.0. The number of imidazole rings is 1. The third kappa shape index (κ3) is 5.48. The molecule has 4 aromatic rings. The van der Waals surface area contributed by atoms with E-state index in [0.717, 1.165) is 5.52 Å². The average molecular weight is 493 g/mol. The molecule has 7 nitrogen and oxygen atoms in total. The van der Waals surface area contributed by atoms with Crippen LogP contribution in [-0.4, -0.2) is 39.4 Å². The van der Waals surface area contributed by atoms with E-state index in [0.29, 0.717) is 51.8 Å². The molecule has 1 atom stereocenters. The van der Waals surface area contributed by atoms with Gasteiger partial charge in [0.1, 0.15) is 5.75 Å². The van der Waals surface area contributed by atoms with Gasteiger partial charge in [-0.1, -0.05) is 11.3 Å². The highest BCUT2D eigenvalue weighted by Crippen LogP contribution is 2.33. The first kappa shape index (κ1) is 24.0. The Kier molecular flexibility index (Phi) is 6.76. The number of ketones is 1. The van der Waals surface area contributed by atoms with E-state index in [1.165, 1.54) is 29.5 Å². The predicted molar refractivity (Wildman–Crippen MR) is 125 cm³/mol. The van der Waals surface area contributed by atoms with Crippen LogP contribution in [0.3, 0.4) is 0 Å². The number of aromatic nitrogens is 3. The molecular weight excluding hydrogens is 469 g/mol. The lowest BCUT2D eigenvalue weighted by Gasteiger charge is -2.10. The summed E-state index contributed by atoms with van der Waals surface area (Å²) in [6, 6.07) is 9.37. The van der Waals surface area contributed by atoms with Gasteiger partial charge in [-0.2, -0.15) is 0 Å². The summed E-state index contributed by atoms with van der Waals surface area (Å²) >= 11 is 1.18. The van der Waals surface area contributed by atoms with E-state index in [-0.39, 0.29) is 17.6 Å². The second-order valence-electron chi connectivity index (χ2n) is 7.75. The first-order valence-electron chi connectivity index (χ1n) is 10.7. The van der Waals surface area contributed by atoms with Gasteiger partial charge in [0, 0.05) is 31.7 Å². The summed E-state index contributed by atoms with van der Waals surface area (Å²) in [5.74, 6) is 0.220. The molecule has 34 heavy (non-hydrogen) atoms. The number of Topliss-reactive ketones (excluding diaryl/α,β-unsaturated/α-hetero) is 1. The van der Waals surface area contributed by atoms with E-state index in [4.69, 9.17) is 4.74 Å². The van der Waals surface area contributed by atoms with Crippen molar-refractivity contribution in [3.05, 3.63) is 42.0 Å². The van der Waals surface area contributed by atoms with Crippen molar-refractivity contribution in [2.75, 3.05) is 11.9 Å². The van der Waals surface area contributed by atoms with Crippen LogP contribution in [0.2, 0.25) is 0 Å². The highest BCUT2D eigenvalue weighted by atomic mass is 32.1. The molecule has 0 bridgehead atoms. The van der Waals surface area contributed by atoms with Crippen LogP contribution in [-0.2, 0) is 11.8 Å². The summed E-state index contributed by atoms with van der Waals surface area (Å²) in [7, 11) is 1.82. The zero-order chi connectivity index (χ0) is 24.5. The molecule has 2 heterocycles. The number of nitrogens with one attached hydrogen (secondary N) is 1. The van der Waals surface area contributed by atoms with Crippen molar-refractivity contribution in [1.82, 2.24) is 14.5 Å². The number of carbonyl (C=O) groups excluding carboxylic acids is 1. The van der Waals surface area contributed by atoms with Gasteiger partial charge in [0.15, 0.2) is 10.9 Å². The largest absolute Gasteiger partial charge is 0.573 e. The number of alkyl halides is 3. The topological polar surface area (TPSA) is 78.3 Å². The van der Waals surface area contributed by atoms with E-state index in [9.17, 15) is 18.0 Å². The van der Waals surface area contributed by atoms with Crippen molar-refractivity contribution in [1.29, 1.82) is 0 Å². The van der Waals surface area contributed by atoms with E-state index < -0.39 is 6.36 Å². The molecule has 4 rings (SSSR count). The SMILES string of the molecule is CCOC(C)CCC(=O)c1ccc2c(c1)nc(Nc1nc3ccc(OC(F)(F)F)cc3s1)n2C. The Morgan fingerprint density at radius 2 is 1.97 bits per heavy atom. The molecule has 0 aliphatic carbocycles. The van der Waals surface area contributed by atoms with Crippen LogP contribution < -0.4 is 10.1 Å². The maximum absolute atomic E-state index is 12.6. The summed E-state index contributed by atoms with van der Waals surface area (Å²) in [4.78, 5) is 21.6. The molecule has 0 saturated heterocycles. The molecule has 180 valence electrons. The van der Waals surface area contributed by atoms with Crippen molar-refractivity contribution in [3.63, 3.8) is 0 Å². The van der Waals surface area contributed by atoms with Crippen LogP contribution in [0.25, 0.3) is 21.3 Å². The molecule has 0 fully saturated rings. The fourth-order valence-corrected chi connectivity index (χ4v) is 4.47. The molecule has 0 saturated carbocycles. The quantitative estimate of drug-likeness (QED) is 0.280. The molecule has 0 aliphatic rings.